The highest BCUT2D eigenvalue weighted by Crippen LogP contribution is 2.40. The van der Waals surface area contributed by atoms with Crippen LogP contribution in [-0.2, 0) is 6.54 Å². The van der Waals surface area contributed by atoms with Crippen molar-refractivity contribution in [2.24, 2.45) is 0 Å². The molecule has 8 heteroatoms. The third-order valence-corrected chi connectivity index (χ3v) is 5.74. The zero-order chi connectivity index (χ0) is 21.3. The molecule has 7 nitrogen and oxygen atoms in total. The lowest BCUT2D eigenvalue weighted by Crippen LogP contribution is -2.46. The summed E-state index contributed by atoms with van der Waals surface area (Å²) in [7, 11) is 0. The molecule has 1 saturated heterocycles. The minimum atomic E-state index is -0.163. The number of anilines is 1. The number of phenolic OH excluding ortho intramolecular Hbond substituents is 2. The first-order valence-corrected chi connectivity index (χ1v) is 10.1. The Morgan fingerprint density at radius 2 is 1.80 bits per heavy atom. The van der Waals surface area contributed by atoms with Crippen LogP contribution in [0.2, 0.25) is 5.02 Å². The van der Waals surface area contributed by atoms with Gasteiger partial charge in [0, 0.05) is 49.9 Å². The van der Waals surface area contributed by atoms with Crippen LogP contribution in [0.4, 0.5) is 5.69 Å². The van der Waals surface area contributed by atoms with E-state index in [-0.39, 0.29) is 22.3 Å². The van der Waals surface area contributed by atoms with Gasteiger partial charge in [-0.25, -0.2) is 0 Å². The van der Waals surface area contributed by atoms with Crippen LogP contribution < -0.4 is 4.90 Å². The van der Waals surface area contributed by atoms with E-state index in [0.29, 0.717) is 11.3 Å². The van der Waals surface area contributed by atoms with Gasteiger partial charge in [-0.05, 0) is 18.6 Å². The number of piperazine rings is 1. The SMILES string of the molecule is CC(=O)c1ccc(CN2CCN(c3cn[nH]c3-c3cc(Cl)c(O)cc3O)CC2)cc1. The number of halogens is 1. The van der Waals surface area contributed by atoms with Crippen LogP contribution in [0, 0.1) is 0 Å². The molecule has 3 aromatic rings. The molecular formula is C22H23ClN4O3. The minimum Gasteiger partial charge on any atom is -0.507 e. The summed E-state index contributed by atoms with van der Waals surface area (Å²) in [5.74, 6) is -0.147. The van der Waals surface area contributed by atoms with Crippen LogP contribution in [0.5, 0.6) is 11.5 Å². The smallest absolute Gasteiger partial charge is 0.159 e. The molecule has 0 saturated carbocycles. The molecular weight excluding hydrogens is 404 g/mol. The van der Waals surface area contributed by atoms with E-state index in [2.05, 4.69) is 20.0 Å². The first-order valence-electron chi connectivity index (χ1n) is 9.75. The molecule has 1 aromatic heterocycles. The van der Waals surface area contributed by atoms with Crippen molar-refractivity contribution in [3.63, 3.8) is 0 Å². The Morgan fingerprint density at radius 1 is 1.10 bits per heavy atom. The van der Waals surface area contributed by atoms with E-state index in [1.807, 2.05) is 24.3 Å². The van der Waals surface area contributed by atoms with Gasteiger partial charge < -0.3 is 15.1 Å². The minimum absolute atomic E-state index is 0.0601. The average molecular weight is 427 g/mol. The lowest BCUT2D eigenvalue weighted by Gasteiger charge is -2.36. The van der Waals surface area contributed by atoms with Crippen molar-refractivity contribution in [3.8, 4) is 22.8 Å². The second-order valence-electron chi connectivity index (χ2n) is 7.47. The van der Waals surface area contributed by atoms with Gasteiger partial charge in [0.05, 0.1) is 22.6 Å². The van der Waals surface area contributed by atoms with E-state index in [9.17, 15) is 15.0 Å². The van der Waals surface area contributed by atoms with E-state index in [0.717, 1.165) is 44.0 Å². The van der Waals surface area contributed by atoms with E-state index >= 15 is 0 Å². The lowest BCUT2D eigenvalue weighted by molar-refractivity contribution is 0.101. The number of rotatable bonds is 5. The van der Waals surface area contributed by atoms with Gasteiger partial charge in [0.25, 0.3) is 0 Å². The van der Waals surface area contributed by atoms with Crippen LogP contribution in [0.25, 0.3) is 11.3 Å². The molecule has 2 aromatic carbocycles. The lowest BCUT2D eigenvalue weighted by atomic mass is 10.1. The summed E-state index contributed by atoms with van der Waals surface area (Å²) >= 11 is 6.03. The van der Waals surface area contributed by atoms with Gasteiger partial charge in [0.15, 0.2) is 5.78 Å². The number of H-pyrrole nitrogens is 1. The van der Waals surface area contributed by atoms with Crippen molar-refractivity contribution in [3.05, 3.63) is 58.7 Å². The van der Waals surface area contributed by atoms with Crippen molar-refractivity contribution < 1.29 is 15.0 Å². The second kappa shape index (κ2) is 8.38. The zero-order valence-electron chi connectivity index (χ0n) is 16.6. The largest absolute Gasteiger partial charge is 0.507 e. The monoisotopic (exact) mass is 426 g/mol. The summed E-state index contributed by atoms with van der Waals surface area (Å²) in [6.07, 6.45) is 1.74. The van der Waals surface area contributed by atoms with E-state index in [4.69, 9.17) is 11.6 Å². The fraction of sp³-hybridized carbons (Fsp3) is 0.273. The number of ketones is 1. The molecule has 156 valence electrons. The number of aromatic nitrogens is 2. The Morgan fingerprint density at radius 3 is 2.47 bits per heavy atom. The molecule has 4 rings (SSSR count). The van der Waals surface area contributed by atoms with Crippen molar-refractivity contribution in [1.82, 2.24) is 15.1 Å². The molecule has 30 heavy (non-hydrogen) atoms. The number of carbonyl (C=O) groups is 1. The molecule has 2 heterocycles. The maximum atomic E-state index is 11.4. The summed E-state index contributed by atoms with van der Waals surface area (Å²) in [5, 5.41) is 27.2. The van der Waals surface area contributed by atoms with Crippen LogP contribution >= 0.6 is 11.6 Å². The Labute approximate surface area is 179 Å². The molecule has 0 bridgehead atoms. The zero-order valence-corrected chi connectivity index (χ0v) is 17.4. The van der Waals surface area contributed by atoms with Crippen molar-refractivity contribution in [1.29, 1.82) is 0 Å². The molecule has 1 fully saturated rings. The van der Waals surface area contributed by atoms with Gasteiger partial charge in [-0.15, -0.1) is 0 Å². The number of aromatic hydroxyl groups is 2. The summed E-state index contributed by atoms with van der Waals surface area (Å²) in [4.78, 5) is 16.0. The standard InChI is InChI=1S/C22H23ClN4O3/c1-14(28)16-4-2-15(3-5-16)13-26-6-8-27(9-7-26)19-12-24-25-22(19)17-10-18(23)21(30)11-20(17)29/h2-5,10-12,29-30H,6-9,13H2,1H3,(H,24,25). The maximum absolute atomic E-state index is 11.4. The Balaban J connectivity index is 1.44. The van der Waals surface area contributed by atoms with Gasteiger partial charge in [-0.3, -0.25) is 14.8 Å². The number of hydrogen-bond donors (Lipinski definition) is 3. The second-order valence-corrected chi connectivity index (χ2v) is 7.87. The predicted molar refractivity (Wildman–Crippen MR) is 116 cm³/mol. The molecule has 0 amide bonds. The Kier molecular flexibility index (Phi) is 5.65. The number of aromatic amines is 1. The topological polar surface area (TPSA) is 92.7 Å². The number of hydrogen-bond acceptors (Lipinski definition) is 6. The first kappa shape index (κ1) is 20.3. The fourth-order valence-electron chi connectivity index (χ4n) is 3.72. The van der Waals surface area contributed by atoms with Gasteiger partial charge in [0.1, 0.15) is 11.5 Å². The number of Topliss-reactive ketones (excluding diaryl/α,β-unsaturated/α-hetero) is 1. The van der Waals surface area contributed by atoms with Crippen molar-refractivity contribution >= 4 is 23.1 Å². The molecule has 0 aliphatic carbocycles. The van der Waals surface area contributed by atoms with Gasteiger partial charge >= 0.3 is 0 Å². The highest BCUT2D eigenvalue weighted by Gasteiger charge is 2.23. The third-order valence-electron chi connectivity index (χ3n) is 5.43. The van der Waals surface area contributed by atoms with E-state index in [1.165, 1.54) is 17.7 Å². The quantitative estimate of drug-likeness (QED) is 0.539. The molecule has 1 aliphatic rings. The predicted octanol–water partition coefficient (Wildman–Crippen LogP) is 3.67. The Bertz CT molecular complexity index is 1060. The highest BCUT2D eigenvalue weighted by molar-refractivity contribution is 6.32. The number of phenols is 2. The average Bonchev–Trinajstić information content (AvgIpc) is 3.21. The van der Waals surface area contributed by atoms with Crippen LogP contribution in [0.15, 0.2) is 42.6 Å². The summed E-state index contributed by atoms with van der Waals surface area (Å²) in [6, 6.07) is 10.5. The Hall–Kier alpha value is -3.03. The van der Waals surface area contributed by atoms with Crippen LogP contribution in [-0.4, -0.2) is 57.3 Å². The molecule has 0 radical (unpaired) electrons. The molecule has 1 aliphatic heterocycles. The third kappa shape index (κ3) is 4.13. The molecule has 0 unspecified atom stereocenters. The summed E-state index contributed by atoms with van der Waals surface area (Å²) in [5.41, 5.74) is 3.97. The number of benzene rings is 2. The summed E-state index contributed by atoms with van der Waals surface area (Å²) < 4.78 is 0. The van der Waals surface area contributed by atoms with Gasteiger partial charge in [-0.2, -0.15) is 5.10 Å². The van der Waals surface area contributed by atoms with Crippen LogP contribution in [0.3, 0.4) is 0 Å². The van der Waals surface area contributed by atoms with Gasteiger partial charge in [0.2, 0.25) is 0 Å². The van der Waals surface area contributed by atoms with E-state index < -0.39 is 0 Å². The molecule has 3 N–H and O–H groups in total. The number of nitrogens with one attached hydrogen (secondary N) is 1. The first-order chi connectivity index (χ1) is 14.4. The normalized spacial score (nSPS) is 14.8. The number of nitrogens with zero attached hydrogens (tertiary/aromatic N) is 3. The fourth-order valence-corrected chi connectivity index (χ4v) is 3.88. The maximum Gasteiger partial charge on any atom is 0.159 e. The number of carbonyl (C=O) groups excluding carboxylic acids is 1. The molecule has 0 spiro atoms. The highest BCUT2D eigenvalue weighted by atomic mass is 35.5. The van der Waals surface area contributed by atoms with Crippen molar-refractivity contribution in [2.45, 2.75) is 13.5 Å². The summed E-state index contributed by atoms with van der Waals surface area (Å²) in [6.45, 7) is 5.78. The van der Waals surface area contributed by atoms with Gasteiger partial charge in [-0.1, -0.05) is 35.9 Å². The van der Waals surface area contributed by atoms with Crippen molar-refractivity contribution in [2.75, 3.05) is 31.1 Å². The van der Waals surface area contributed by atoms with E-state index in [1.54, 1.807) is 13.1 Å². The van der Waals surface area contributed by atoms with Crippen LogP contribution in [0.1, 0.15) is 22.8 Å². The molecule has 0 atom stereocenters.